The zero-order valence-corrected chi connectivity index (χ0v) is 17.7. The maximum atomic E-state index is 12.9. The zero-order chi connectivity index (χ0) is 21.8. The number of rotatable bonds is 6. The summed E-state index contributed by atoms with van der Waals surface area (Å²) in [7, 11) is 5.45. The minimum atomic E-state index is -0.292. The predicted molar refractivity (Wildman–Crippen MR) is 117 cm³/mol. The molecule has 2 N–H and O–H groups in total. The first-order valence-corrected chi connectivity index (χ1v) is 9.73. The van der Waals surface area contributed by atoms with Gasteiger partial charge in [0, 0.05) is 19.8 Å². The highest BCUT2D eigenvalue weighted by Crippen LogP contribution is 2.40. The van der Waals surface area contributed by atoms with Crippen molar-refractivity contribution in [2.24, 2.45) is 0 Å². The predicted octanol–water partition coefficient (Wildman–Crippen LogP) is 1.34. The first kappa shape index (κ1) is 21.1. The van der Waals surface area contributed by atoms with Gasteiger partial charge in [0.1, 0.15) is 24.0 Å². The first-order valence-electron chi connectivity index (χ1n) is 9.73. The summed E-state index contributed by atoms with van der Waals surface area (Å²) in [6, 6.07) is 17.4. The fraction of sp³-hybridized carbons (Fsp3) is 0.261. The Bertz CT molecular complexity index is 1010. The molecule has 1 amide bonds. The summed E-state index contributed by atoms with van der Waals surface area (Å²) in [6.07, 6.45) is 0. The highest BCUT2D eigenvalue weighted by atomic mass is 16.2. The van der Waals surface area contributed by atoms with E-state index < -0.39 is 0 Å². The Labute approximate surface area is 176 Å². The molecule has 0 saturated carbocycles. The van der Waals surface area contributed by atoms with Crippen molar-refractivity contribution in [3.05, 3.63) is 65.5 Å². The van der Waals surface area contributed by atoms with Crippen LogP contribution in [0.5, 0.6) is 0 Å². The third kappa shape index (κ3) is 4.34. The van der Waals surface area contributed by atoms with Crippen molar-refractivity contribution in [3.63, 3.8) is 0 Å². The van der Waals surface area contributed by atoms with Crippen LogP contribution in [-0.4, -0.2) is 45.9 Å². The molecule has 2 aromatic rings. The number of fused-ring (bicyclic) bond motifs is 1. The van der Waals surface area contributed by atoms with Gasteiger partial charge in [-0.2, -0.15) is 5.26 Å². The van der Waals surface area contributed by atoms with Crippen LogP contribution in [0, 0.1) is 18.3 Å². The molecule has 1 aliphatic heterocycles. The number of hydrogen-bond acceptors (Lipinski definition) is 5. The van der Waals surface area contributed by atoms with Crippen molar-refractivity contribution in [1.29, 1.82) is 5.26 Å². The molecular weight excluding hydrogens is 378 g/mol. The number of anilines is 3. The minimum absolute atomic E-state index is 0.0474. The van der Waals surface area contributed by atoms with Gasteiger partial charge in [-0.05, 0) is 31.2 Å². The fourth-order valence-electron chi connectivity index (χ4n) is 3.60. The summed E-state index contributed by atoms with van der Waals surface area (Å²) in [5.74, 6) is 0.0815. The van der Waals surface area contributed by atoms with Gasteiger partial charge < -0.3 is 20.0 Å². The van der Waals surface area contributed by atoms with E-state index in [-0.39, 0.29) is 30.4 Å². The number of carbonyl (C=O) groups is 2. The maximum Gasteiger partial charge on any atom is 0.279 e. The number of para-hydroxylation sites is 2. The molecule has 0 aromatic heterocycles. The topological polar surface area (TPSA) is 80.9 Å². The molecular formula is C23H26N5O2+. The average Bonchev–Trinajstić information content (AvgIpc) is 2.96. The average molecular weight is 404 g/mol. The van der Waals surface area contributed by atoms with E-state index in [0.717, 1.165) is 22.6 Å². The van der Waals surface area contributed by atoms with Gasteiger partial charge in [-0.25, -0.2) is 0 Å². The van der Waals surface area contributed by atoms with Crippen LogP contribution in [0.1, 0.15) is 5.56 Å². The van der Waals surface area contributed by atoms with Gasteiger partial charge in [0.15, 0.2) is 6.54 Å². The molecule has 0 spiro atoms. The number of aryl methyl sites for hydroxylation is 1. The lowest BCUT2D eigenvalue weighted by Crippen LogP contribution is -3.11. The Morgan fingerprint density at radius 2 is 1.57 bits per heavy atom. The van der Waals surface area contributed by atoms with Crippen LogP contribution >= 0.6 is 0 Å². The standard InChI is InChI=1S/C23H25N5O2/c1-16-9-11-17(12-10-16)25-22(30)15-26(2)14-21(29)18(13-24)23-27(3)19-7-5-6-8-20(19)28(23)4/h5-12H,14-15H2,1-4H3,(H,25,30)/p+1. The number of nitrogens with one attached hydrogen (secondary N) is 2. The van der Waals surface area contributed by atoms with Gasteiger partial charge in [0.05, 0.1) is 18.4 Å². The van der Waals surface area contributed by atoms with E-state index in [1.165, 1.54) is 0 Å². The Balaban J connectivity index is 1.68. The van der Waals surface area contributed by atoms with Gasteiger partial charge in [0.25, 0.3) is 5.91 Å². The Morgan fingerprint density at radius 1 is 1.00 bits per heavy atom. The molecule has 1 heterocycles. The van der Waals surface area contributed by atoms with Crippen LogP contribution in [0.3, 0.4) is 0 Å². The van der Waals surface area contributed by atoms with Gasteiger partial charge in [-0.15, -0.1) is 0 Å². The number of carbonyl (C=O) groups excluding carboxylic acids is 2. The van der Waals surface area contributed by atoms with Crippen LogP contribution < -0.4 is 20.0 Å². The molecule has 0 fully saturated rings. The second-order valence-electron chi connectivity index (χ2n) is 7.57. The molecule has 154 valence electrons. The Kier molecular flexibility index (Phi) is 6.19. The van der Waals surface area contributed by atoms with E-state index >= 15 is 0 Å². The van der Waals surface area contributed by atoms with Crippen LogP contribution in [0.2, 0.25) is 0 Å². The molecule has 7 heteroatoms. The van der Waals surface area contributed by atoms with E-state index in [1.807, 2.05) is 79.3 Å². The van der Waals surface area contributed by atoms with Crippen molar-refractivity contribution in [2.75, 3.05) is 49.3 Å². The van der Waals surface area contributed by atoms with Gasteiger partial charge >= 0.3 is 0 Å². The molecule has 0 radical (unpaired) electrons. The molecule has 1 unspecified atom stereocenters. The summed E-state index contributed by atoms with van der Waals surface area (Å²) < 4.78 is 0. The van der Waals surface area contributed by atoms with Crippen molar-refractivity contribution in [1.82, 2.24) is 0 Å². The SMILES string of the molecule is Cc1ccc(NC(=O)C[NH+](C)CC(=O)C(C#N)=C2N(C)c3ccccc3N2C)cc1. The van der Waals surface area contributed by atoms with E-state index in [4.69, 9.17) is 0 Å². The van der Waals surface area contributed by atoms with Gasteiger partial charge in [-0.3, -0.25) is 9.59 Å². The molecule has 1 aliphatic rings. The minimum Gasteiger partial charge on any atom is -0.328 e. The summed E-state index contributed by atoms with van der Waals surface area (Å²) in [5, 5.41) is 12.5. The number of benzene rings is 2. The monoisotopic (exact) mass is 404 g/mol. The molecule has 2 aromatic carbocycles. The molecule has 1 atom stereocenters. The van der Waals surface area contributed by atoms with Crippen LogP contribution in [-0.2, 0) is 9.59 Å². The van der Waals surface area contributed by atoms with E-state index in [1.54, 1.807) is 7.05 Å². The molecule has 0 aliphatic carbocycles. The summed E-state index contributed by atoms with van der Waals surface area (Å²) in [5.41, 5.74) is 3.80. The number of likely N-dealkylation sites (N-methyl/N-ethyl adjacent to an activating group) is 1. The molecule has 30 heavy (non-hydrogen) atoms. The van der Waals surface area contributed by atoms with Crippen LogP contribution in [0.4, 0.5) is 17.1 Å². The number of Topliss-reactive ketones (excluding diaryl/α,β-unsaturated/α-hetero) is 1. The van der Waals surface area contributed by atoms with E-state index in [2.05, 4.69) is 11.4 Å². The lowest BCUT2D eigenvalue weighted by atomic mass is 10.1. The normalized spacial score (nSPS) is 13.5. The number of ketones is 1. The second kappa shape index (κ2) is 8.80. The molecule has 0 saturated heterocycles. The number of amides is 1. The summed E-state index contributed by atoms with van der Waals surface area (Å²) in [4.78, 5) is 29.6. The quantitative estimate of drug-likeness (QED) is 0.561. The molecule has 7 nitrogen and oxygen atoms in total. The number of quaternary nitrogens is 1. The first-order chi connectivity index (χ1) is 14.3. The number of nitrogens with zero attached hydrogens (tertiary/aromatic N) is 3. The molecule has 3 rings (SSSR count). The lowest BCUT2D eigenvalue weighted by molar-refractivity contribution is -0.862. The number of hydrogen-bond donors (Lipinski definition) is 2. The largest absolute Gasteiger partial charge is 0.328 e. The van der Waals surface area contributed by atoms with E-state index in [0.29, 0.717) is 10.7 Å². The zero-order valence-electron chi connectivity index (χ0n) is 17.7. The smallest absolute Gasteiger partial charge is 0.279 e. The summed E-state index contributed by atoms with van der Waals surface area (Å²) >= 11 is 0. The van der Waals surface area contributed by atoms with Crippen molar-refractivity contribution < 1.29 is 14.5 Å². The Hall–Kier alpha value is -3.63. The van der Waals surface area contributed by atoms with Gasteiger partial charge in [-0.1, -0.05) is 29.8 Å². The van der Waals surface area contributed by atoms with Crippen molar-refractivity contribution >= 4 is 28.8 Å². The third-order valence-corrected chi connectivity index (χ3v) is 5.11. The third-order valence-electron chi connectivity index (χ3n) is 5.11. The van der Waals surface area contributed by atoms with Crippen LogP contribution in [0.25, 0.3) is 0 Å². The van der Waals surface area contributed by atoms with Crippen LogP contribution in [0.15, 0.2) is 59.9 Å². The second-order valence-corrected chi connectivity index (χ2v) is 7.57. The van der Waals surface area contributed by atoms with Crippen molar-refractivity contribution in [2.45, 2.75) is 6.92 Å². The highest BCUT2D eigenvalue weighted by Gasteiger charge is 2.32. The molecule has 0 bridgehead atoms. The highest BCUT2D eigenvalue weighted by molar-refractivity contribution is 6.03. The van der Waals surface area contributed by atoms with Gasteiger partial charge in [0.2, 0.25) is 5.78 Å². The number of nitriles is 1. The maximum absolute atomic E-state index is 12.9. The summed E-state index contributed by atoms with van der Waals surface area (Å²) in [6.45, 7) is 2.15. The lowest BCUT2D eigenvalue weighted by Gasteiger charge is -2.20. The fourth-order valence-corrected chi connectivity index (χ4v) is 3.60. The Morgan fingerprint density at radius 3 is 2.10 bits per heavy atom. The van der Waals surface area contributed by atoms with Crippen molar-refractivity contribution in [3.8, 4) is 6.07 Å². The van der Waals surface area contributed by atoms with E-state index in [9.17, 15) is 14.9 Å².